The third-order valence-electron chi connectivity index (χ3n) is 7.48. The number of likely N-dealkylation sites (tertiary alicyclic amines) is 1. The number of fused-ring (bicyclic) bond motifs is 2. The largest absolute Gasteiger partial charge is 0.383 e. The van der Waals surface area contributed by atoms with Crippen LogP contribution < -0.4 is 5.73 Å². The first-order chi connectivity index (χ1) is 16.7. The van der Waals surface area contributed by atoms with E-state index in [0.717, 1.165) is 44.7 Å². The zero-order valence-electron chi connectivity index (χ0n) is 18.9. The molecule has 1 saturated heterocycles. The Bertz CT molecular complexity index is 1490. The van der Waals surface area contributed by atoms with Gasteiger partial charge in [-0.05, 0) is 67.4 Å². The SMILES string of the molecule is Nc1ncnc2c1c(-c1ccc3ccc(-c4cccs4)nc3c1)cn2C1CC(CN2CCC2)C1. The van der Waals surface area contributed by atoms with Crippen LogP contribution in [0.25, 0.3) is 43.6 Å². The van der Waals surface area contributed by atoms with E-state index in [9.17, 15) is 0 Å². The minimum atomic E-state index is 0.473. The third kappa shape index (κ3) is 3.30. The van der Waals surface area contributed by atoms with Gasteiger partial charge >= 0.3 is 0 Å². The molecule has 1 aliphatic carbocycles. The Labute approximate surface area is 202 Å². The Hall–Kier alpha value is -3.29. The van der Waals surface area contributed by atoms with Crippen LogP contribution in [-0.4, -0.2) is 44.1 Å². The summed E-state index contributed by atoms with van der Waals surface area (Å²) in [5, 5.41) is 4.16. The number of thiophene rings is 1. The van der Waals surface area contributed by atoms with E-state index in [4.69, 9.17) is 10.7 Å². The highest BCUT2D eigenvalue weighted by molar-refractivity contribution is 7.13. The van der Waals surface area contributed by atoms with Crippen molar-refractivity contribution in [3.63, 3.8) is 0 Å². The molecule has 0 atom stereocenters. The maximum atomic E-state index is 6.40. The van der Waals surface area contributed by atoms with Crippen LogP contribution in [0.4, 0.5) is 5.82 Å². The van der Waals surface area contributed by atoms with Crippen LogP contribution in [0.2, 0.25) is 0 Å². The Morgan fingerprint density at radius 1 is 1.06 bits per heavy atom. The van der Waals surface area contributed by atoms with Gasteiger partial charge in [0.2, 0.25) is 0 Å². The number of nitrogens with two attached hydrogens (primary N) is 1. The van der Waals surface area contributed by atoms with Crippen molar-refractivity contribution >= 4 is 39.1 Å². The van der Waals surface area contributed by atoms with Gasteiger partial charge in [-0.2, -0.15) is 0 Å². The van der Waals surface area contributed by atoms with E-state index in [2.05, 4.69) is 73.5 Å². The quantitative estimate of drug-likeness (QED) is 0.364. The van der Waals surface area contributed by atoms with Crippen molar-refractivity contribution in [3.8, 4) is 21.7 Å². The summed E-state index contributed by atoms with van der Waals surface area (Å²) in [6.07, 6.45) is 7.58. The Morgan fingerprint density at radius 3 is 2.74 bits per heavy atom. The fourth-order valence-electron chi connectivity index (χ4n) is 5.46. The van der Waals surface area contributed by atoms with E-state index < -0.39 is 0 Å². The molecule has 0 bridgehead atoms. The number of hydrogen-bond acceptors (Lipinski definition) is 6. The highest BCUT2D eigenvalue weighted by atomic mass is 32.1. The van der Waals surface area contributed by atoms with Crippen molar-refractivity contribution in [1.29, 1.82) is 0 Å². The number of hydrogen-bond donors (Lipinski definition) is 1. The van der Waals surface area contributed by atoms with Gasteiger partial charge in [-0.15, -0.1) is 11.3 Å². The molecule has 170 valence electrons. The topological polar surface area (TPSA) is 72.9 Å². The summed E-state index contributed by atoms with van der Waals surface area (Å²) in [5.41, 5.74) is 11.5. The molecule has 7 rings (SSSR count). The highest BCUT2D eigenvalue weighted by Crippen LogP contribution is 2.43. The normalized spacial score (nSPS) is 20.5. The van der Waals surface area contributed by atoms with Crippen LogP contribution in [0.15, 0.2) is 60.4 Å². The van der Waals surface area contributed by atoms with Crippen LogP contribution in [0.5, 0.6) is 0 Å². The lowest BCUT2D eigenvalue weighted by molar-refractivity contribution is 0.0921. The van der Waals surface area contributed by atoms with Crippen molar-refractivity contribution in [2.75, 3.05) is 25.4 Å². The van der Waals surface area contributed by atoms with Crippen LogP contribution >= 0.6 is 11.3 Å². The zero-order valence-corrected chi connectivity index (χ0v) is 19.7. The van der Waals surface area contributed by atoms with Gasteiger partial charge in [0.05, 0.1) is 21.5 Å². The number of benzene rings is 1. The second kappa shape index (κ2) is 7.89. The van der Waals surface area contributed by atoms with Crippen molar-refractivity contribution in [3.05, 3.63) is 60.4 Å². The summed E-state index contributed by atoms with van der Waals surface area (Å²) in [7, 11) is 0. The van der Waals surface area contributed by atoms with E-state index in [1.807, 2.05) is 0 Å². The molecule has 6 nitrogen and oxygen atoms in total. The fraction of sp³-hybridized carbons (Fsp3) is 0.296. The van der Waals surface area contributed by atoms with E-state index in [0.29, 0.717) is 11.9 Å². The monoisotopic (exact) mass is 466 g/mol. The lowest BCUT2D eigenvalue weighted by Gasteiger charge is -2.42. The summed E-state index contributed by atoms with van der Waals surface area (Å²) in [5.74, 6) is 1.32. The minimum Gasteiger partial charge on any atom is -0.383 e. The first kappa shape index (κ1) is 20.1. The van der Waals surface area contributed by atoms with Crippen LogP contribution in [0, 0.1) is 5.92 Å². The van der Waals surface area contributed by atoms with Gasteiger partial charge < -0.3 is 15.2 Å². The van der Waals surface area contributed by atoms with Crippen LogP contribution in [0.3, 0.4) is 0 Å². The molecule has 2 N–H and O–H groups in total. The minimum absolute atomic E-state index is 0.473. The average Bonchev–Trinajstić information content (AvgIpc) is 3.46. The number of nitrogen functional groups attached to an aromatic ring is 1. The molecule has 1 saturated carbocycles. The Morgan fingerprint density at radius 2 is 1.94 bits per heavy atom. The summed E-state index contributed by atoms with van der Waals surface area (Å²) < 4.78 is 2.34. The Kier molecular flexibility index (Phi) is 4.67. The lowest BCUT2D eigenvalue weighted by Crippen LogP contribution is -2.43. The molecule has 1 aromatic carbocycles. The van der Waals surface area contributed by atoms with E-state index >= 15 is 0 Å². The van der Waals surface area contributed by atoms with Gasteiger partial charge in [0.1, 0.15) is 17.8 Å². The summed E-state index contributed by atoms with van der Waals surface area (Å²) in [6.45, 7) is 3.78. The second-order valence-corrected chi connectivity index (χ2v) is 10.6. The van der Waals surface area contributed by atoms with Crippen LogP contribution in [0.1, 0.15) is 25.3 Å². The van der Waals surface area contributed by atoms with Crippen LogP contribution in [-0.2, 0) is 0 Å². The molecule has 0 spiro atoms. The van der Waals surface area contributed by atoms with Gasteiger partial charge in [-0.1, -0.05) is 24.3 Å². The smallest absolute Gasteiger partial charge is 0.146 e. The fourth-order valence-corrected chi connectivity index (χ4v) is 6.15. The predicted molar refractivity (Wildman–Crippen MR) is 139 cm³/mol. The molecule has 34 heavy (non-hydrogen) atoms. The van der Waals surface area contributed by atoms with Crippen molar-refractivity contribution in [1.82, 2.24) is 24.4 Å². The maximum Gasteiger partial charge on any atom is 0.146 e. The molecule has 0 unspecified atom stereocenters. The molecule has 2 fully saturated rings. The molecular weight excluding hydrogens is 440 g/mol. The molecule has 0 amide bonds. The van der Waals surface area contributed by atoms with Gasteiger partial charge in [-0.25, -0.2) is 15.0 Å². The molecule has 5 aromatic rings. The van der Waals surface area contributed by atoms with Gasteiger partial charge in [0.15, 0.2) is 0 Å². The number of anilines is 1. The molecule has 2 aliphatic rings. The third-order valence-corrected chi connectivity index (χ3v) is 8.38. The van der Waals surface area contributed by atoms with E-state index in [-0.39, 0.29) is 0 Å². The molecule has 4 aromatic heterocycles. The highest BCUT2D eigenvalue weighted by Gasteiger charge is 2.34. The summed E-state index contributed by atoms with van der Waals surface area (Å²) >= 11 is 1.71. The Balaban J connectivity index is 1.27. The average molecular weight is 467 g/mol. The molecule has 7 heteroatoms. The van der Waals surface area contributed by atoms with Crippen molar-refractivity contribution in [2.24, 2.45) is 5.92 Å². The first-order valence-corrected chi connectivity index (χ1v) is 12.9. The second-order valence-electron chi connectivity index (χ2n) is 9.63. The van der Waals surface area contributed by atoms with Crippen molar-refractivity contribution in [2.45, 2.75) is 25.3 Å². The lowest BCUT2D eigenvalue weighted by atomic mass is 9.79. The first-order valence-electron chi connectivity index (χ1n) is 12.0. The standard InChI is InChI=1S/C27H26N6S/c28-26-25-21(19-5-4-18-6-7-22(31-23(18)13-19)24-3-1-10-34-24)15-33(27(25)30-16-29-26)20-11-17(12-20)14-32-8-2-9-32/h1,3-7,10,13,15-17,20H,2,8-9,11-12,14H2,(H2,28,29,30). The molecule has 5 heterocycles. The van der Waals surface area contributed by atoms with Gasteiger partial charge in [0, 0.05) is 29.7 Å². The molecular formula is C27H26N6S. The van der Waals surface area contributed by atoms with Crippen molar-refractivity contribution < 1.29 is 0 Å². The van der Waals surface area contributed by atoms with E-state index in [1.54, 1.807) is 17.7 Å². The maximum absolute atomic E-state index is 6.40. The predicted octanol–water partition coefficient (Wildman–Crippen LogP) is 5.61. The number of pyridine rings is 1. The number of nitrogens with zero attached hydrogens (tertiary/aromatic N) is 5. The van der Waals surface area contributed by atoms with E-state index in [1.165, 1.54) is 43.8 Å². The molecule has 0 radical (unpaired) electrons. The number of aromatic nitrogens is 4. The number of rotatable bonds is 5. The van der Waals surface area contributed by atoms with Gasteiger partial charge in [-0.3, -0.25) is 0 Å². The summed E-state index contributed by atoms with van der Waals surface area (Å²) in [6, 6.07) is 15.4. The molecule has 1 aliphatic heterocycles. The zero-order chi connectivity index (χ0) is 22.6. The van der Waals surface area contributed by atoms with Gasteiger partial charge in [0.25, 0.3) is 0 Å². The summed E-state index contributed by atoms with van der Waals surface area (Å²) in [4.78, 5) is 17.7.